The number of hydrogen-bond donors (Lipinski definition) is 2. The molecular formula is C26H35NO3. The van der Waals surface area contributed by atoms with Gasteiger partial charge in [-0.1, -0.05) is 63.6 Å². The number of aryl methyl sites for hydroxylation is 1. The summed E-state index contributed by atoms with van der Waals surface area (Å²) in [6.45, 7) is 6.10. The molecule has 0 spiro atoms. The van der Waals surface area contributed by atoms with Gasteiger partial charge in [-0.15, -0.1) is 0 Å². The Morgan fingerprint density at radius 3 is 2.40 bits per heavy atom. The summed E-state index contributed by atoms with van der Waals surface area (Å²) in [6, 6.07) is 16.7. The Kier molecular flexibility index (Phi) is 10.0. The lowest BCUT2D eigenvalue weighted by Crippen LogP contribution is -2.33. The fourth-order valence-corrected chi connectivity index (χ4v) is 3.82. The molecule has 1 aliphatic heterocycles. The summed E-state index contributed by atoms with van der Waals surface area (Å²) in [7, 11) is 0. The quantitative estimate of drug-likeness (QED) is 0.668. The van der Waals surface area contributed by atoms with Gasteiger partial charge < -0.3 is 14.9 Å². The first-order valence-corrected chi connectivity index (χ1v) is 11.2. The maximum absolute atomic E-state index is 10.1. The number of aliphatic hydroxyl groups is 2. The average molecular weight is 410 g/mol. The van der Waals surface area contributed by atoms with Gasteiger partial charge >= 0.3 is 0 Å². The van der Waals surface area contributed by atoms with Crippen molar-refractivity contribution in [1.29, 1.82) is 5.26 Å². The molecule has 0 bridgehead atoms. The molecule has 1 fully saturated rings. The van der Waals surface area contributed by atoms with Crippen LogP contribution >= 0.6 is 0 Å². The van der Waals surface area contributed by atoms with Crippen molar-refractivity contribution < 1.29 is 14.9 Å². The van der Waals surface area contributed by atoms with Gasteiger partial charge in [-0.2, -0.15) is 5.26 Å². The largest absolute Gasteiger partial charge is 0.394 e. The Bertz CT molecular complexity index is 810. The third-order valence-electron chi connectivity index (χ3n) is 5.44. The summed E-state index contributed by atoms with van der Waals surface area (Å²) >= 11 is 0. The van der Waals surface area contributed by atoms with E-state index in [0.29, 0.717) is 24.8 Å². The number of ether oxygens (including phenoxy) is 1. The molecule has 1 saturated heterocycles. The van der Waals surface area contributed by atoms with Gasteiger partial charge in [0, 0.05) is 12.8 Å². The van der Waals surface area contributed by atoms with Crippen LogP contribution in [0.1, 0.15) is 80.4 Å². The number of nitriles is 1. The molecule has 0 aliphatic carbocycles. The first-order chi connectivity index (χ1) is 14.6. The van der Waals surface area contributed by atoms with Gasteiger partial charge in [-0.25, -0.2) is 0 Å². The molecule has 0 unspecified atom stereocenters. The Hall–Kier alpha value is -2.19. The van der Waals surface area contributed by atoms with Crippen molar-refractivity contribution in [3.63, 3.8) is 0 Å². The van der Waals surface area contributed by atoms with Gasteiger partial charge in [0.15, 0.2) is 0 Å². The molecule has 30 heavy (non-hydrogen) atoms. The zero-order chi connectivity index (χ0) is 21.9. The minimum absolute atomic E-state index is 0.0962. The molecule has 2 N–H and O–H groups in total. The van der Waals surface area contributed by atoms with Crippen LogP contribution in [-0.4, -0.2) is 29.0 Å². The zero-order valence-electron chi connectivity index (χ0n) is 18.5. The van der Waals surface area contributed by atoms with E-state index in [1.165, 1.54) is 24.0 Å². The van der Waals surface area contributed by atoms with E-state index in [4.69, 9.17) is 4.74 Å². The van der Waals surface area contributed by atoms with Crippen LogP contribution in [-0.2, 0) is 17.6 Å². The van der Waals surface area contributed by atoms with E-state index in [-0.39, 0.29) is 18.8 Å². The number of hydrogen-bond acceptors (Lipinski definition) is 4. The second-order valence-corrected chi connectivity index (χ2v) is 7.68. The SMILES string of the molecule is CC.CCCCc1ccc(Cc2cc([C@H]3C[C@@H](O)C[C@@H](CO)O3)ccc2C#N)cc1. The fraction of sp³-hybridized carbons (Fsp3) is 0.500. The lowest BCUT2D eigenvalue weighted by atomic mass is 9.92. The standard InChI is InChI=1S/C24H29NO3.C2H6/c1-2-3-4-17-5-7-18(8-6-17)11-21-12-19(9-10-20(21)15-25)24-14-22(27)13-23(16-26)28-24;1-2/h5-10,12,22-24,26-27H,2-4,11,13-14,16H2,1H3;1-2H3/t22-,23-,24+;/m0./s1. The van der Waals surface area contributed by atoms with E-state index in [2.05, 4.69) is 37.3 Å². The molecule has 1 heterocycles. The predicted molar refractivity (Wildman–Crippen MR) is 120 cm³/mol. The second-order valence-electron chi connectivity index (χ2n) is 7.68. The maximum Gasteiger partial charge on any atom is 0.0994 e. The monoisotopic (exact) mass is 409 g/mol. The van der Waals surface area contributed by atoms with Gasteiger partial charge in [0.2, 0.25) is 0 Å². The lowest BCUT2D eigenvalue weighted by molar-refractivity contribution is -0.113. The van der Waals surface area contributed by atoms with E-state index >= 15 is 0 Å². The van der Waals surface area contributed by atoms with E-state index < -0.39 is 6.10 Å². The molecule has 0 amide bonds. The molecule has 162 valence electrons. The summed E-state index contributed by atoms with van der Waals surface area (Å²) in [6.07, 6.45) is 4.05. The minimum Gasteiger partial charge on any atom is -0.394 e. The highest BCUT2D eigenvalue weighted by Gasteiger charge is 2.29. The summed E-state index contributed by atoms with van der Waals surface area (Å²) in [5, 5.41) is 29.0. The van der Waals surface area contributed by atoms with Crippen LogP contribution in [0.3, 0.4) is 0 Å². The van der Waals surface area contributed by atoms with Crippen LogP contribution in [0.4, 0.5) is 0 Å². The molecule has 2 aromatic carbocycles. The van der Waals surface area contributed by atoms with E-state index in [1.54, 1.807) is 0 Å². The van der Waals surface area contributed by atoms with Crippen molar-refractivity contribution in [2.75, 3.05) is 6.61 Å². The molecule has 0 saturated carbocycles. The molecule has 0 aromatic heterocycles. The third kappa shape index (κ3) is 6.67. The van der Waals surface area contributed by atoms with Crippen molar-refractivity contribution in [3.8, 4) is 6.07 Å². The van der Waals surface area contributed by atoms with Crippen molar-refractivity contribution in [2.45, 2.75) is 77.6 Å². The molecule has 1 aliphatic rings. The predicted octanol–water partition coefficient (Wildman–Crippen LogP) is 5.09. The summed E-state index contributed by atoms with van der Waals surface area (Å²) < 4.78 is 5.93. The number of aliphatic hydroxyl groups excluding tert-OH is 2. The second kappa shape index (κ2) is 12.5. The number of nitrogens with zero attached hydrogens (tertiary/aromatic N) is 1. The third-order valence-corrected chi connectivity index (χ3v) is 5.44. The Labute approximate surface area is 181 Å². The van der Waals surface area contributed by atoms with Crippen molar-refractivity contribution >= 4 is 0 Å². The smallest absolute Gasteiger partial charge is 0.0994 e. The lowest BCUT2D eigenvalue weighted by Gasteiger charge is -2.32. The van der Waals surface area contributed by atoms with Crippen LogP contribution in [0.25, 0.3) is 0 Å². The number of benzene rings is 2. The number of unbranched alkanes of at least 4 members (excludes halogenated alkanes) is 1. The highest BCUT2D eigenvalue weighted by atomic mass is 16.5. The van der Waals surface area contributed by atoms with Gasteiger partial charge in [0.05, 0.1) is 36.6 Å². The molecule has 0 radical (unpaired) electrons. The van der Waals surface area contributed by atoms with Gasteiger partial charge in [-0.05, 0) is 47.6 Å². The Balaban J connectivity index is 0.00000155. The minimum atomic E-state index is -0.481. The molecule has 2 aromatic rings. The Morgan fingerprint density at radius 1 is 1.07 bits per heavy atom. The maximum atomic E-state index is 10.1. The molecular weight excluding hydrogens is 374 g/mol. The number of rotatable bonds is 7. The summed E-state index contributed by atoms with van der Waals surface area (Å²) in [5.74, 6) is 0. The highest BCUT2D eigenvalue weighted by molar-refractivity contribution is 5.44. The van der Waals surface area contributed by atoms with E-state index in [1.807, 2.05) is 32.0 Å². The molecule has 4 heteroatoms. The molecule has 4 nitrogen and oxygen atoms in total. The summed E-state index contributed by atoms with van der Waals surface area (Å²) in [4.78, 5) is 0. The fourth-order valence-electron chi connectivity index (χ4n) is 3.82. The first kappa shape index (κ1) is 24.1. The van der Waals surface area contributed by atoms with Crippen molar-refractivity contribution in [3.05, 3.63) is 70.3 Å². The van der Waals surface area contributed by atoms with Gasteiger partial charge in [-0.3, -0.25) is 0 Å². The topological polar surface area (TPSA) is 73.5 Å². The van der Waals surface area contributed by atoms with Crippen LogP contribution < -0.4 is 0 Å². The van der Waals surface area contributed by atoms with Crippen LogP contribution in [0.5, 0.6) is 0 Å². The average Bonchev–Trinajstić information content (AvgIpc) is 2.79. The van der Waals surface area contributed by atoms with Crippen LogP contribution in [0.15, 0.2) is 42.5 Å². The van der Waals surface area contributed by atoms with Crippen LogP contribution in [0, 0.1) is 11.3 Å². The summed E-state index contributed by atoms with van der Waals surface area (Å²) in [5.41, 5.74) is 5.09. The van der Waals surface area contributed by atoms with Crippen molar-refractivity contribution in [2.24, 2.45) is 0 Å². The van der Waals surface area contributed by atoms with Crippen molar-refractivity contribution in [1.82, 2.24) is 0 Å². The Morgan fingerprint density at radius 2 is 1.77 bits per heavy atom. The first-order valence-electron chi connectivity index (χ1n) is 11.2. The normalized spacial score (nSPS) is 20.7. The van der Waals surface area contributed by atoms with Gasteiger partial charge in [0.1, 0.15) is 0 Å². The van der Waals surface area contributed by atoms with E-state index in [0.717, 1.165) is 17.5 Å². The highest BCUT2D eigenvalue weighted by Crippen LogP contribution is 2.32. The molecule has 3 rings (SSSR count). The van der Waals surface area contributed by atoms with E-state index in [9.17, 15) is 15.5 Å². The van der Waals surface area contributed by atoms with Gasteiger partial charge in [0.25, 0.3) is 0 Å². The van der Waals surface area contributed by atoms with Crippen LogP contribution in [0.2, 0.25) is 0 Å². The zero-order valence-corrected chi connectivity index (χ0v) is 18.5. The molecule has 3 atom stereocenters.